The van der Waals surface area contributed by atoms with Crippen LogP contribution in [0.1, 0.15) is 82.4 Å². The first kappa shape index (κ1) is 23.3. The van der Waals surface area contributed by atoms with Gasteiger partial charge in [-0.25, -0.2) is 4.79 Å². The van der Waals surface area contributed by atoms with Crippen molar-refractivity contribution < 1.29 is 4.79 Å². The number of para-hydroxylation sites is 1. The van der Waals surface area contributed by atoms with Crippen molar-refractivity contribution in [3.05, 3.63) is 42.0 Å². The summed E-state index contributed by atoms with van der Waals surface area (Å²) in [5.74, 6) is 2.18. The van der Waals surface area contributed by atoms with Crippen molar-refractivity contribution in [3.8, 4) is 0 Å². The van der Waals surface area contributed by atoms with Crippen molar-refractivity contribution in [2.24, 2.45) is 0 Å². The van der Waals surface area contributed by atoms with Gasteiger partial charge < -0.3 is 9.88 Å². The predicted octanol–water partition coefficient (Wildman–Crippen LogP) is 4.87. The summed E-state index contributed by atoms with van der Waals surface area (Å²) >= 11 is 0. The Morgan fingerprint density at radius 2 is 1.74 bits per heavy atom. The topological polar surface area (TPSA) is 66.3 Å². The highest BCUT2D eigenvalue weighted by Gasteiger charge is 2.41. The first-order valence-corrected chi connectivity index (χ1v) is 13.4. The molecule has 0 radical (unpaired) electrons. The van der Waals surface area contributed by atoms with Crippen LogP contribution < -0.4 is 10.2 Å². The summed E-state index contributed by atoms with van der Waals surface area (Å²) in [6.07, 6.45) is 11.6. The number of nitrogens with zero attached hydrogens (tertiary/aromatic N) is 5. The van der Waals surface area contributed by atoms with Gasteiger partial charge in [0, 0.05) is 49.4 Å². The molecule has 7 heteroatoms. The summed E-state index contributed by atoms with van der Waals surface area (Å²) in [6, 6.07) is 12.4. The Balaban J connectivity index is 1.20. The maximum atomic E-state index is 13.2. The number of rotatable bonds is 8. The second kappa shape index (κ2) is 10.5. The van der Waals surface area contributed by atoms with Crippen LogP contribution in [-0.4, -0.2) is 56.9 Å². The normalized spacial score (nSPS) is 25.1. The molecule has 1 aromatic carbocycles. The summed E-state index contributed by atoms with van der Waals surface area (Å²) in [6.45, 7) is 6.08. The van der Waals surface area contributed by atoms with Gasteiger partial charge >= 0.3 is 6.03 Å². The van der Waals surface area contributed by atoms with Gasteiger partial charge in [-0.05, 0) is 64.0 Å². The van der Waals surface area contributed by atoms with E-state index < -0.39 is 0 Å². The van der Waals surface area contributed by atoms with Crippen molar-refractivity contribution >= 4 is 11.7 Å². The summed E-state index contributed by atoms with van der Waals surface area (Å²) < 4.78 is 2.41. The van der Waals surface area contributed by atoms with Gasteiger partial charge in [0.2, 0.25) is 0 Å². The number of urea groups is 1. The molecule has 2 aromatic rings. The Hall–Kier alpha value is -2.41. The Morgan fingerprint density at radius 3 is 2.41 bits per heavy atom. The van der Waals surface area contributed by atoms with Crippen LogP contribution in [0.2, 0.25) is 0 Å². The molecule has 7 nitrogen and oxygen atoms in total. The van der Waals surface area contributed by atoms with E-state index in [9.17, 15) is 4.79 Å². The molecule has 2 bridgehead atoms. The molecule has 2 aliphatic heterocycles. The van der Waals surface area contributed by atoms with Gasteiger partial charge in [-0.15, -0.1) is 10.2 Å². The minimum absolute atomic E-state index is 0.0648. The fraction of sp³-hybridized carbons (Fsp3) is 0.667. The molecule has 2 amide bonds. The van der Waals surface area contributed by atoms with Gasteiger partial charge in [-0.1, -0.05) is 38.0 Å². The Labute approximate surface area is 203 Å². The number of carbonyl (C=O) groups excluding carboxylic acids is 1. The van der Waals surface area contributed by atoms with Gasteiger partial charge in [-0.3, -0.25) is 9.80 Å². The number of piperidine rings is 1. The Bertz CT molecular complexity index is 939. The molecule has 3 aliphatic rings. The minimum atomic E-state index is 0.0648. The molecule has 2 atom stereocenters. The number of carbonyl (C=O) groups is 1. The van der Waals surface area contributed by atoms with E-state index >= 15 is 0 Å². The van der Waals surface area contributed by atoms with E-state index in [0.717, 1.165) is 56.1 Å². The molecular formula is C27H40N6O. The molecule has 184 valence electrons. The quantitative estimate of drug-likeness (QED) is 0.606. The molecule has 3 heterocycles. The number of fused-ring (bicyclic) bond motifs is 2. The summed E-state index contributed by atoms with van der Waals surface area (Å²) in [4.78, 5) is 17.9. The van der Waals surface area contributed by atoms with Gasteiger partial charge in [0.05, 0.1) is 0 Å². The average Bonchev–Trinajstić information content (AvgIpc) is 3.55. The molecule has 34 heavy (non-hydrogen) atoms. The van der Waals surface area contributed by atoms with Crippen LogP contribution in [0.15, 0.2) is 30.3 Å². The van der Waals surface area contributed by atoms with E-state index in [-0.39, 0.29) is 6.03 Å². The zero-order valence-electron chi connectivity index (χ0n) is 20.8. The molecule has 2 unspecified atom stereocenters. The lowest BCUT2D eigenvalue weighted by Gasteiger charge is -2.40. The van der Waals surface area contributed by atoms with Gasteiger partial charge in [0.25, 0.3) is 0 Å². The number of aromatic nitrogens is 3. The SMILES string of the molecule is CCc1nnc(C)n1C1CC2CCC(C1)N2CCCN(C(=O)NC1CCCC1)c1ccccc1. The van der Waals surface area contributed by atoms with Crippen molar-refractivity contribution in [2.45, 2.75) is 102 Å². The van der Waals surface area contributed by atoms with Crippen LogP contribution in [0.3, 0.4) is 0 Å². The molecule has 1 aromatic heterocycles. The summed E-state index contributed by atoms with van der Waals surface area (Å²) in [5, 5.41) is 12.1. The van der Waals surface area contributed by atoms with Crippen molar-refractivity contribution in [3.63, 3.8) is 0 Å². The first-order valence-electron chi connectivity index (χ1n) is 13.4. The van der Waals surface area contributed by atoms with Gasteiger partial charge in [-0.2, -0.15) is 0 Å². The number of benzene rings is 1. The lowest BCUT2D eigenvalue weighted by atomic mass is 9.96. The smallest absolute Gasteiger partial charge is 0.322 e. The van der Waals surface area contributed by atoms with E-state index in [2.05, 4.69) is 51.0 Å². The second-order valence-corrected chi connectivity index (χ2v) is 10.4. The van der Waals surface area contributed by atoms with Crippen LogP contribution in [0.5, 0.6) is 0 Å². The van der Waals surface area contributed by atoms with E-state index in [1.165, 1.54) is 38.5 Å². The van der Waals surface area contributed by atoms with Gasteiger partial charge in [0.15, 0.2) is 0 Å². The number of hydrogen-bond donors (Lipinski definition) is 1. The largest absolute Gasteiger partial charge is 0.335 e. The molecular weight excluding hydrogens is 424 g/mol. The molecule has 3 fully saturated rings. The lowest BCUT2D eigenvalue weighted by molar-refractivity contribution is 0.104. The van der Waals surface area contributed by atoms with E-state index in [1.54, 1.807) is 0 Å². The van der Waals surface area contributed by atoms with Crippen LogP contribution >= 0.6 is 0 Å². The molecule has 5 rings (SSSR count). The number of amides is 2. The highest BCUT2D eigenvalue weighted by molar-refractivity contribution is 5.92. The van der Waals surface area contributed by atoms with Crippen LogP contribution in [0.4, 0.5) is 10.5 Å². The molecule has 1 aliphatic carbocycles. The van der Waals surface area contributed by atoms with Crippen LogP contribution in [-0.2, 0) is 6.42 Å². The molecule has 0 spiro atoms. The third kappa shape index (κ3) is 4.85. The average molecular weight is 465 g/mol. The second-order valence-electron chi connectivity index (χ2n) is 10.4. The highest BCUT2D eigenvalue weighted by Crippen LogP contribution is 2.41. The monoisotopic (exact) mass is 464 g/mol. The van der Waals surface area contributed by atoms with Crippen LogP contribution in [0, 0.1) is 6.92 Å². The third-order valence-electron chi connectivity index (χ3n) is 8.27. The highest BCUT2D eigenvalue weighted by atomic mass is 16.2. The number of hydrogen-bond acceptors (Lipinski definition) is 4. The minimum Gasteiger partial charge on any atom is -0.335 e. The maximum absolute atomic E-state index is 13.2. The van der Waals surface area contributed by atoms with Gasteiger partial charge in [0.1, 0.15) is 11.6 Å². The summed E-state index contributed by atoms with van der Waals surface area (Å²) in [7, 11) is 0. The summed E-state index contributed by atoms with van der Waals surface area (Å²) in [5.41, 5.74) is 0.995. The lowest BCUT2D eigenvalue weighted by Crippen LogP contribution is -2.47. The van der Waals surface area contributed by atoms with E-state index in [1.807, 2.05) is 23.1 Å². The zero-order valence-corrected chi connectivity index (χ0v) is 20.8. The number of nitrogens with one attached hydrogen (secondary N) is 1. The fourth-order valence-electron chi connectivity index (χ4n) is 6.64. The number of anilines is 1. The standard InChI is InChI=1S/C27H40N6O/c1-3-26-30-29-20(2)33(26)25-18-23-14-15-24(19-25)31(23)16-9-17-32(22-12-5-4-6-13-22)27(34)28-21-10-7-8-11-21/h4-6,12-13,21,23-25H,3,7-11,14-19H2,1-2H3,(H,28,34). The fourth-order valence-corrected chi connectivity index (χ4v) is 6.64. The van der Waals surface area contributed by atoms with E-state index in [4.69, 9.17) is 0 Å². The molecule has 1 N–H and O–H groups in total. The van der Waals surface area contributed by atoms with Crippen molar-refractivity contribution in [2.75, 3.05) is 18.0 Å². The third-order valence-corrected chi connectivity index (χ3v) is 8.27. The number of aryl methyl sites for hydroxylation is 2. The zero-order chi connectivity index (χ0) is 23.5. The van der Waals surface area contributed by atoms with Crippen molar-refractivity contribution in [1.29, 1.82) is 0 Å². The Kier molecular flexibility index (Phi) is 7.18. The predicted molar refractivity (Wildman–Crippen MR) is 135 cm³/mol. The van der Waals surface area contributed by atoms with E-state index in [0.29, 0.717) is 24.2 Å². The van der Waals surface area contributed by atoms with Crippen molar-refractivity contribution in [1.82, 2.24) is 25.0 Å². The molecule has 2 saturated heterocycles. The first-order chi connectivity index (χ1) is 16.6. The van der Waals surface area contributed by atoms with Crippen LogP contribution in [0.25, 0.3) is 0 Å². The maximum Gasteiger partial charge on any atom is 0.322 e. The Morgan fingerprint density at radius 1 is 1.03 bits per heavy atom. The molecule has 1 saturated carbocycles.